The highest BCUT2D eigenvalue weighted by molar-refractivity contribution is 5.91. The maximum absolute atomic E-state index is 10.8. The van der Waals surface area contributed by atoms with E-state index < -0.39 is 11.6 Å². The number of carboxylic acids is 1. The van der Waals surface area contributed by atoms with Gasteiger partial charge in [0, 0.05) is 0 Å². The van der Waals surface area contributed by atoms with E-state index in [4.69, 9.17) is 9.52 Å². The molecular formula is C9H5NO4. The molecule has 2 rings (SSSR count). The fraction of sp³-hybridized carbons (Fsp3) is 0. The molecule has 70 valence electrons. The first kappa shape index (κ1) is 8.43. The lowest BCUT2D eigenvalue weighted by molar-refractivity contribution is 0.0697. The SMILES string of the molecule is O=C(O)c1ccc2oc(=O)cnc2c1. The summed E-state index contributed by atoms with van der Waals surface area (Å²) in [5, 5.41) is 8.68. The van der Waals surface area contributed by atoms with Crippen LogP contribution in [0.4, 0.5) is 0 Å². The second-order valence-electron chi connectivity index (χ2n) is 2.67. The van der Waals surface area contributed by atoms with Crippen LogP contribution >= 0.6 is 0 Å². The number of benzene rings is 1. The van der Waals surface area contributed by atoms with E-state index in [0.717, 1.165) is 6.20 Å². The second kappa shape index (κ2) is 2.95. The number of rotatable bonds is 1. The third-order valence-electron chi connectivity index (χ3n) is 1.73. The second-order valence-corrected chi connectivity index (χ2v) is 2.67. The van der Waals surface area contributed by atoms with Crippen LogP contribution in [0.5, 0.6) is 0 Å². The molecule has 2 aromatic rings. The summed E-state index contributed by atoms with van der Waals surface area (Å²) in [6, 6.07) is 4.11. The number of carboxylic acid groups (broad SMARTS) is 1. The molecule has 0 saturated heterocycles. The zero-order valence-corrected chi connectivity index (χ0v) is 6.93. The van der Waals surface area contributed by atoms with Crippen molar-refractivity contribution in [3.8, 4) is 0 Å². The molecule has 1 N–H and O–H groups in total. The normalized spacial score (nSPS) is 10.3. The number of hydrogen-bond donors (Lipinski definition) is 1. The van der Waals surface area contributed by atoms with E-state index in [0.29, 0.717) is 5.52 Å². The lowest BCUT2D eigenvalue weighted by Crippen LogP contribution is -2.00. The van der Waals surface area contributed by atoms with Crippen LogP contribution in [-0.4, -0.2) is 16.1 Å². The average Bonchev–Trinajstić information content (AvgIpc) is 2.16. The number of fused-ring (bicyclic) bond motifs is 1. The van der Waals surface area contributed by atoms with Crippen molar-refractivity contribution in [2.45, 2.75) is 0 Å². The van der Waals surface area contributed by atoms with Crippen molar-refractivity contribution in [2.24, 2.45) is 0 Å². The molecule has 0 amide bonds. The molecule has 14 heavy (non-hydrogen) atoms. The average molecular weight is 191 g/mol. The van der Waals surface area contributed by atoms with Crippen molar-refractivity contribution in [2.75, 3.05) is 0 Å². The molecule has 1 aromatic heterocycles. The smallest absolute Gasteiger partial charge is 0.354 e. The molecule has 0 spiro atoms. The maximum atomic E-state index is 10.8. The minimum Gasteiger partial charge on any atom is -0.478 e. The molecule has 0 bridgehead atoms. The summed E-state index contributed by atoms with van der Waals surface area (Å²) in [4.78, 5) is 25.1. The van der Waals surface area contributed by atoms with Gasteiger partial charge in [-0.2, -0.15) is 0 Å². The molecular weight excluding hydrogens is 186 g/mol. The van der Waals surface area contributed by atoms with Crippen LogP contribution in [0, 0.1) is 0 Å². The van der Waals surface area contributed by atoms with Gasteiger partial charge in [-0.25, -0.2) is 14.6 Å². The Bertz CT molecular complexity index is 558. The van der Waals surface area contributed by atoms with Gasteiger partial charge in [-0.1, -0.05) is 0 Å². The Morgan fingerprint density at radius 3 is 2.93 bits per heavy atom. The first-order valence-corrected chi connectivity index (χ1v) is 3.80. The van der Waals surface area contributed by atoms with Crippen molar-refractivity contribution < 1.29 is 14.3 Å². The van der Waals surface area contributed by atoms with Gasteiger partial charge in [0.15, 0.2) is 5.58 Å². The molecule has 0 unspecified atom stereocenters. The van der Waals surface area contributed by atoms with Crippen LogP contribution in [0.3, 0.4) is 0 Å². The monoisotopic (exact) mass is 191 g/mol. The standard InChI is InChI=1S/C9H5NO4/c11-8-4-10-6-3-5(9(12)13)1-2-7(6)14-8/h1-4H,(H,12,13). The summed E-state index contributed by atoms with van der Waals surface area (Å²) in [7, 11) is 0. The first-order chi connectivity index (χ1) is 6.66. The zero-order chi connectivity index (χ0) is 10.1. The van der Waals surface area contributed by atoms with Gasteiger partial charge in [0.1, 0.15) is 11.7 Å². The van der Waals surface area contributed by atoms with Crippen molar-refractivity contribution >= 4 is 17.1 Å². The van der Waals surface area contributed by atoms with E-state index in [2.05, 4.69) is 4.98 Å². The van der Waals surface area contributed by atoms with Gasteiger partial charge >= 0.3 is 11.6 Å². The molecule has 0 fully saturated rings. The summed E-state index contributed by atoms with van der Waals surface area (Å²) in [6.07, 6.45) is 1.01. The van der Waals surface area contributed by atoms with Gasteiger partial charge in [0.05, 0.1) is 5.56 Å². The van der Waals surface area contributed by atoms with Crippen molar-refractivity contribution in [3.63, 3.8) is 0 Å². The Labute approximate surface area is 77.6 Å². The van der Waals surface area contributed by atoms with E-state index >= 15 is 0 Å². The molecule has 0 aliphatic heterocycles. The van der Waals surface area contributed by atoms with Gasteiger partial charge < -0.3 is 9.52 Å². The van der Waals surface area contributed by atoms with Crippen LogP contribution in [0.2, 0.25) is 0 Å². The molecule has 5 heteroatoms. The molecule has 0 atom stereocenters. The summed E-state index contributed by atoms with van der Waals surface area (Å²) in [5.74, 6) is -1.04. The van der Waals surface area contributed by atoms with E-state index in [1.165, 1.54) is 18.2 Å². The predicted octanol–water partition coefficient (Wildman–Crippen LogP) is 0.886. The fourth-order valence-corrected chi connectivity index (χ4v) is 1.09. The number of aromatic nitrogens is 1. The third kappa shape index (κ3) is 1.35. The highest BCUT2D eigenvalue weighted by Crippen LogP contribution is 2.11. The molecule has 0 aliphatic carbocycles. The lowest BCUT2D eigenvalue weighted by atomic mass is 10.2. The number of aromatic carboxylic acids is 1. The Balaban J connectivity index is 2.73. The first-order valence-electron chi connectivity index (χ1n) is 3.80. The topological polar surface area (TPSA) is 80.4 Å². The van der Waals surface area contributed by atoms with Crippen molar-refractivity contribution in [1.82, 2.24) is 4.98 Å². The Morgan fingerprint density at radius 2 is 2.21 bits per heavy atom. The minimum atomic E-state index is -1.04. The molecule has 1 aromatic carbocycles. The van der Waals surface area contributed by atoms with Crippen LogP contribution in [0.25, 0.3) is 11.1 Å². The maximum Gasteiger partial charge on any atom is 0.354 e. The summed E-state index contributed by atoms with van der Waals surface area (Å²) >= 11 is 0. The van der Waals surface area contributed by atoms with Gasteiger partial charge in [-0.05, 0) is 18.2 Å². The summed E-state index contributed by atoms with van der Waals surface area (Å²) < 4.78 is 4.79. The number of hydrogen-bond acceptors (Lipinski definition) is 4. The third-order valence-corrected chi connectivity index (χ3v) is 1.73. The zero-order valence-electron chi connectivity index (χ0n) is 6.93. The minimum absolute atomic E-state index is 0.110. The van der Waals surface area contributed by atoms with E-state index in [1.54, 1.807) is 0 Å². The van der Waals surface area contributed by atoms with E-state index in [1.807, 2.05) is 0 Å². The molecule has 1 heterocycles. The van der Waals surface area contributed by atoms with Gasteiger partial charge in [-0.15, -0.1) is 0 Å². The van der Waals surface area contributed by atoms with Gasteiger partial charge in [-0.3, -0.25) is 0 Å². The summed E-state index contributed by atoms with van der Waals surface area (Å²) in [5.41, 5.74) is 0.187. The quantitative estimate of drug-likeness (QED) is 0.723. The van der Waals surface area contributed by atoms with Crippen molar-refractivity contribution in [3.05, 3.63) is 40.4 Å². The summed E-state index contributed by atoms with van der Waals surface area (Å²) in [6.45, 7) is 0. The van der Waals surface area contributed by atoms with Gasteiger partial charge in [0.25, 0.3) is 0 Å². The highest BCUT2D eigenvalue weighted by atomic mass is 16.4. The Hall–Kier alpha value is -2.17. The van der Waals surface area contributed by atoms with Crippen LogP contribution in [0.1, 0.15) is 10.4 Å². The molecule has 5 nitrogen and oxygen atoms in total. The fourth-order valence-electron chi connectivity index (χ4n) is 1.09. The van der Waals surface area contributed by atoms with Crippen LogP contribution < -0.4 is 5.63 Å². The van der Waals surface area contributed by atoms with E-state index in [9.17, 15) is 9.59 Å². The number of nitrogens with zero attached hydrogens (tertiary/aromatic N) is 1. The highest BCUT2D eigenvalue weighted by Gasteiger charge is 2.05. The van der Waals surface area contributed by atoms with E-state index in [-0.39, 0.29) is 11.1 Å². The van der Waals surface area contributed by atoms with Crippen molar-refractivity contribution in [1.29, 1.82) is 0 Å². The Kier molecular flexibility index (Phi) is 1.78. The largest absolute Gasteiger partial charge is 0.478 e. The molecule has 0 saturated carbocycles. The molecule has 0 aliphatic rings. The lowest BCUT2D eigenvalue weighted by Gasteiger charge is -1.96. The van der Waals surface area contributed by atoms with Crippen LogP contribution in [0.15, 0.2) is 33.6 Å². The van der Waals surface area contributed by atoms with Crippen LogP contribution in [-0.2, 0) is 0 Å². The van der Waals surface area contributed by atoms with Gasteiger partial charge in [0.2, 0.25) is 0 Å². The Morgan fingerprint density at radius 1 is 1.43 bits per heavy atom. The number of carbonyl (C=O) groups is 1. The molecule has 0 radical (unpaired) electrons. The predicted molar refractivity (Wildman–Crippen MR) is 47.2 cm³/mol.